The molecule has 0 rings (SSSR count). The van der Waals surface area contributed by atoms with Crippen molar-refractivity contribution < 1.29 is 64.6 Å². The molecule has 82 valence electrons. The summed E-state index contributed by atoms with van der Waals surface area (Å²) in [5.74, 6) is -0.147. The predicted octanol–water partition coefficient (Wildman–Crippen LogP) is -5.17. The number of aliphatic hydroxyl groups is 1. The van der Waals surface area contributed by atoms with Crippen molar-refractivity contribution in [2.45, 2.75) is 32.1 Å². The molecule has 0 bridgehead atoms. The van der Waals surface area contributed by atoms with Crippen LogP contribution in [0.2, 0.25) is 0 Å². The Morgan fingerprint density at radius 3 is 1.79 bits per heavy atom. The van der Waals surface area contributed by atoms with Crippen molar-refractivity contribution in [1.82, 2.24) is 0 Å². The molecule has 0 aromatic carbocycles. The van der Waals surface area contributed by atoms with E-state index in [9.17, 15) is 8.42 Å². The Hall–Kier alpha value is 1.35. The molecule has 0 aliphatic heterocycles. The van der Waals surface area contributed by atoms with E-state index < -0.39 is 10.1 Å². The van der Waals surface area contributed by atoms with E-state index in [4.69, 9.17) is 9.66 Å². The monoisotopic (exact) mass is 298 g/mol. The number of aliphatic hydroxyl groups excluding tert-OH is 1. The third-order valence-corrected chi connectivity index (χ3v) is 2.36. The topological polar surface area (TPSA) is 74.6 Å². The first-order valence-electron chi connectivity index (χ1n) is 4.12. The molecular weight excluding hydrogens is 283 g/mol. The van der Waals surface area contributed by atoms with E-state index in [2.05, 4.69) is 0 Å². The molecule has 0 aromatic heterocycles. The molecule has 4 nitrogen and oxygen atoms in total. The SMILES string of the molecule is O=S(=O)(O)CCCCCCCO.[Br-].[Na+]. The molecule has 0 radical (unpaired) electrons. The van der Waals surface area contributed by atoms with Crippen LogP contribution in [-0.2, 0) is 10.1 Å². The number of halogens is 1. The summed E-state index contributed by atoms with van der Waals surface area (Å²) < 4.78 is 28.8. The smallest absolute Gasteiger partial charge is 1.00 e. The molecule has 0 heterocycles. The Morgan fingerprint density at radius 2 is 1.36 bits per heavy atom. The van der Waals surface area contributed by atoms with Crippen molar-refractivity contribution >= 4 is 10.1 Å². The van der Waals surface area contributed by atoms with Crippen molar-refractivity contribution in [2.24, 2.45) is 0 Å². The minimum Gasteiger partial charge on any atom is -1.00 e. The molecule has 0 aliphatic rings. The predicted molar refractivity (Wildman–Crippen MR) is 46.6 cm³/mol. The minimum absolute atomic E-state index is 0. The van der Waals surface area contributed by atoms with Gasteiger partial charge in [-0.1, -0.05) is 19.3 Å². The summed E-state index contributed by atoms with van der Waals surface area (Å²) in [7, 11) is -3.77. The first kappa shape index (κ1) is 20.7. The maximum atomic E-state index is 10.2. The fourth-order valence-corrected chi connectivity index (χ4v) is 1.50. The molecule has 0 spiro atoms. The quantitative estimate of drug-likeness (QED) is 0.280. The van der Waals surface area contributed by atoms with Gasteiger partial charge in [0.05, 0.1) is 5.75 Å². The van der Waals surface area contributed by atoms with Gasteiger partial charge >= 0.3 is 29.6 Å². The van der Waals surface area contributed by atoms with E-state index in [0.717, 1.165) is 25.7 Å². The normalized spacial score (nSPS) is 10.1. The van der Waals surface area contributed by atoms with Crippen molar-refractivity contribution in [1.29, 1.82) is 0 Å². The molecule has 0 saturated carbocycles. The molecule has 0 saturated heterocycles. The van der Waals surface area contributed by atoms with E-state index in [0.29, 0.717) is 6.42 Å². The van der Waals surface area contributed by atoms with Gasteiger partial charge in [-0.05, 0) is 12.8 Å². The standard InChI is InChI=1S/C7H16O4S.BrH.Na/c8-6-4-2-1-3-5-7-12(9,10)11;;/h8H,1-7H2,(H,9,10,11);1H;/q;;+1/p-1. The third kappa shape index (κ3) is 19.0. The van der Waals surface area contributed by atoms with E-state index in [1.54, 1.807) is 0 Å². The fourth-order valence-electron chi connectivity index (χ4n) is 0.927. The molecule has 14 heavy (non-hydrogen) atoms. The van der Waals surface area contributed by atoms with Crippen LogP contribution < -0.4 is 46.5 Å². The second kappa shape index (κ2) is 12.4. The van der Waals surface area contributed by atoms with Gasteiger partial charge in [-0.2, -0.15) is 8.42 Å². The van der Waals surface area contributed by atoms with Gasteiger partial charge in [0.15, 0.2) is 0 Å². The fraction of sp³-hybridized carbons (Fsp3) is 1.00. The first-order valence-corrected chi connectivity index (χ1v) is 5.73. The summed E-state index contributed by atoms with van der Waals surface area (Å²) >= 11 is 0. The Labute approximate surface area is 118 Å². The van der Waals surface area contributed by atoms with E-state index in [1.807, 2.05) is 0 Å². The van der Waals surface area contributed by atoms with Crippen LogP contribution in [0.3, 0.4) is 0 Å². The first-order chi connectivity index (χ1) is 5.56. The van der Waals surface area contributed by atoms with Crippen LogP contribution in [0.4, 0.5) is 0 Å². The summed E-state index contributed by atoms with van der Waals surface area (Å²) in [6.45, 7) is 0.193. The maximum Gasteiger partial charge on any atom is 1.00 e. The number of hydrogen-bond donors (Lipinski definition) is 2. The van der Waals surface area contributed by atoms with Crippen molar-refractivity contribution in [3.05, 3.63) is 0 Å². The number of rotatable bonds is 7. The van der Waals surface area contributed by atoms with Gasteiger partial charge in [-0.3, -0.25) is 4.55 Å². The zero-order valence-electron chi connectivity index (χ0n) is 8.45. The molecular formula is C7H16BrNaO4S. The molecule has 7 heteroatoms. The Morgan fingerprint density at radius 1 is 0.929 bits per heavy atom. The van der Waals surface area contributed by atoms with Crippen molar-refractivity contribution in [3.63, 3.8) is 0 Å². The summed E-state index contributed by atoms with van der Waals surface area (Å²) in [5, 5.41) is 8.42. The van der Waals surface area contributed by atoms with E-state index >= 15 is 0 Å². The van der Waals surface area contributed by atoms with Gasteiger partial charge in [0.25, 0.3) is 10.1 Å². The van der Waals surface area contributed by atoms with Gasteiger partial charge in [0.2, 0.25) is 0 Å². The minimum atomic E-state index is -3.77. The Balaban J connectivity index is -0.000000605. The molecule has 0 unspecified atom stereocenters. The molecule has 0 aliphatic carbocycles. The summed E-state index contributed by atoms with van der Waals surface area (Å²) in [4.78, 5) is 0. The van der Waals surface area contributed by atoms with Crippen LogP contribution in [0, 0.1) is 0 Å². The molecule has 0 amide bonds. The van der Waals surface area contributed by atoms with Crippen molar-refractivity contribution in [2.75, 3.05) is 12.4 Å². The molecule has 0 fully saturated rings. The second-order valence-corrected chi connectivity index (χ2v) is 4.35. The van der Waals surface area contributed by atoms with Crippen LogP contribution in [0.5, 0.6) is 0 Å². The van der Waals surface area contributed by atoms with Gasteiger partial charge in [0, 0.05) is 6.61 Å². The van der Waals surface area contributed by atoms with Gasteiger partial charge in [-0.25, -0.2) is 0 Å². The maximum absolute atomic E-state index is 10.2. The van der Waals surface area contributed by atoms with Crippen LogP contribution >= 0.6 is 0 Å². The van der Waals surface area contributed by atoms with Crippen LogP contribution in [-0.4, -0.2) is 30.4 Å². The van der Waals surface area contributed by atoms with Crippen LogP contribution in [0.25, 0.3) is 0 Å². The molecule has 0 aromatic rings. The average Bonchev–Trinajstić information content (AvgIpc) is 1.94. The van der Waals surface area contributed by atoms with Crippen molar-refractivity contribution in [3.8, 4) is 0 Å². The number of unbranched alkanes of at least 4 members (excludes halogenated alkanes) is 4. The third-order valence-electron chi connectivity index (χ3n) is 1.56. The largest absolute Gasteiger partial charge is 1.00 e. The van der Waals surface area contributed by atoms with E-state index in [-0.39, 0.29) is 58.9 Å². The summed E-state index contributed by atoms with van der Waals surface area (Å²) in [6, 6.07) is 0. The summed E-state index contributed by atoms with van der Waals surface area (Å²) in [5.41, 5.74) is 0. The second-order valence-electron chi connectivity index (χ2n) is 2.78. The Kier molecular flexibility index (Phi) is 18.4. The summed E-state index contributed by atoms with van der Waals surface area (Å²) in [6.07, 6.45) is 3.90. The van der Waals surface area contributed by atoms with Crippen LogP contribution in [0.15, 0.2) is 0 Å². The van der Waals surface area contributed by atoms with Crippen LogP contribution in [0.1, 0.15) is 32.1 Å². The van der Waals surface area contributed by atoms with Gasteiger partial charge in [0.1, 0.15) is 0 Å². The molecule has 0 atom stereocenters. The average molecular weight is 299 g/mol. The van der Waals surface area contributed by atoms with E-state index in [1.165, 1.54) is 0 Å². The Bertz CT molecular complexity index is 196. The zero-order valence-corrected chi connectivity index (χ0v) is 12.8. The molecule has 2 N–H and O–H groups in total. The zero-order chi connectivity index (χ0) is 9.45. The number of hydrogen-bond acceptors (Lipinski definition) is 3. The van der Waals surface area contributed by atoms with Gasteiger partial charge in [-0.15, -0.1) is 0 Å². The van der Waals surface area contributed by atoms with Gasteiger partial charge < -0.3 is 22.1 Å².